The molecule has 1 fully saturated rings. The molecule has 1 saturated carbocycles. The summed E-state index contributed by atoms with van der Waals surface area (Å²) in [6.45, 7) is 0. The van der Waals surface area contributed by atoms with Crippen LogP contribution in [-0.2, 0) is 4.79 Å². The fourth-order valence-corrected chi connectivity index (χ4v) is 1.06. The predicted octanol–water partition coefficient (Wildman–Crippen LogP) is 2.39. The molecule has 2 heteroatoms. The Balaban J connectivity index is 0.000000187. The van der Waals surface area contributed by atoms with Crippen LogP contribution < -0.4 is 0 Å². The van der Waals surface area contributed by atoms with Crippen molar-refractivity contribution < 1.29 is 4.79 Å². The molecular formula is C7H15OP. The first-order chi connectivity index (χ1) is 4.41. The normalized spacial score (nSPS) is 17.4. The number of hydrogen-bond donors (Lipinski definition) is 0. The summed E-state index contributed by atoms with van der Waals surface area (Å²) in [6.07, 6.45) is 9.00. The van der Waals surface area contributed by atoms with Crippen molar-refractivity contribution >= 4 is 15.3 Å². The van der Waals surface area contributed by atoms with Crippen molar-refractivity contribution in [2.75, 3.05) is 0 Å². The molecule has 0 aromatic rings. The van der Waals surface area contributed by atoms with Gasteiger partial charge in [0, 0.05) is 0 Å². The molecule has 1 unspecified atom stereocenters. The average molecular weight is 146 g/mol. The molecule has 0 amide bonds. The summed E-state index contributed by atoms with van der Waals surface area (Å²) >= 11 is 0. The van der Waals surface area contributed by atoms with E-state index in [-0.39, 0.29) is 0 Å². The molecule has 1 rings (SSSR count). The summed E-state index contributed by atoms with van der Waals surface area (Å²) in [5.41, 5.74) is 0. The molecule has 1 aliphatic rings. The van der Waals surface area contributed by atoms with Crippen LogP contribution in [0.15, 0.2) is 0 Å². The molecule has 1 atom stereocenters. The van der Waals surface area contributed by atoms with Gasteiger partial charge in [-0.15, -0.1) is 0 Å². The number of hydrogen-bond acceptors (Lipinski definition) is 1. The molecule has 1 aliphatic carbocycles. The summed E-state index contributed by atoms with van der Waals surface area (Å²) < 4.78 is 0. The van der Waals surface area contributed by atoms with E-state index >= 15 is 0 Å². The summed E-state index contributed by atoms with van der Waals surface area (Å²) in [5, 5.41) is 0. The minimum atomic E-state index is 0.667. The molecular weight excluding hydrogens is 131 g/mol. The zero-order valence-corrected chi connectivity index (χ0v) is 6.96. The fourth-order valence-electron chi connectivity index (χ4n) is 1.06. The lowest BCUT2D eigenvalue weighted by atomic mass is 10.0. The van der Waals surface area contributed by atoms with Crippen LogP contribution in [-0.4, -0.2) is 6.03 Å². The Kier molecular flexibility index (Phi) is 8.19. The number of carbonyl (C=O) groups excluding carboxylic acids is 1. The summed E-state index contributed by atoms with van der Waals surface area (Å²) in [4.78, 5) is 8.77. The molecule has 54 valence electrons. The van der Waals surface area contributed by atoms with E-state index in [0.29, 0.717) is 6.03 Å². The monoisotopic (exact) mass is 146 g/mol. The highest BCUT2D eigenvalue weighted by molar-refractivity contribution is 7.36. The molecule has 0 saturated heterocycles. The lowest BCUT2D eigenvalue weighted by Gasteiger charge is -2.05. The summed E-state index contributed by atoms with van der Waals surface area (Å²) in [7, 11) is 1.90. The van der Waals surface area contributed by atoms with E-state index in [2.05, 4.69) is 0 Å². The molecule has 0 spiro atoms. The highest BCUT2D eigenvalue weighted by atomic mass is 31.0. The van der Waals surface area contributed by atoms with Gasteiger partial charge in [0.1, 0.15) is 6.03 Å². The van der Waals surface area contributed by atoms with Gasteiger partial charge >= 0.3 is 0 Å². The minimum absolute atomic E-state index is 0.667. The third-order valence-corrected chi connectivity index (χ3v) is 1.50. The van der Waals surface area contributed by atoms with Crippen LogP contribution in [0.3, 0.4) is 0 Å². The van der Waals surface area contributed by atoms with Gasteiger partial charge in [-0.2, -0.15) is 0 Å². The van der Waals surface area contributed by atoms with Crippen LogP contribution in [0.2, 0.25) is 0 Å². The van der Waals surface area contributed by atoms with Gasteiger partial charge < -0.3 is 0 Å². The maximum Gasteiger partial charge on any atom is 0.135 e. The van der Waals surface area contributed by atoms with Gasteiger partial charge in [0.2, 0.25) is 0 Å². The van der Waals surface area contributed by atoms with Gasteiger partial charge in [-0.25, -0.2) is 0 Å². The first kappa shape index (κ1) is 9.10. The number of carbonyl (C=O) groups is 1. The van der Waals surface area contributed by atoms with Gasteiger partial charge in [0.15, 0.2) is 0 Å². The van der Waals surface area contributed by atoms with E-state index in [1.165, 1.54) is 38.5 Å². The van der Waals surface area contributed by atoms with Crippen LogP contribution >= 0.6 is 9.24 Å². The van der Waals surface area contributed by atoms with Crippen LogP contribution in [0.1, 0.15) is 38.5 Å². The summed E-state index contributed by atoms with van der Waals surface area (Å²) in [6, 6.07) is 0.667. The third kappa shape index (κ3) is 8.10. The van der Waals surface area contributed by atoms with Crippen LogP contribution in [0.5, 0.6) is 0 Å². The maximum absolute atomic E-state index is 8.77. The smallest absolute Gasteiger partial charge is 0.135 e. The topological polar surface area (TPSA) is 17.1 Å². The zero-order valence-electron chi connectivity index (χ0n) is 5.81. The van der Waals surface area contributed by atoms with Gasteiger partial charge in [-0.1, -0.05) is 47.8 Å². The van der Waals surface area contributed by atoms with E-state index in [4.69, 9.17) is 4.79 Å². The van der Waals surface area contributed by atoms with Crippen molar-refractivity contribution in [3.05, 3.63) is 0 Å². The molecule has 0 N–H and O–H groups in total. The number of rotatable bonds is 0. The lowest BCUT2D eigenvalue weighted by molar-refractivity contribution is 0.504. The molecule has 9 heavy (non-hydrogen) atoms. The Bertz CT molecular complexity index is 48.4. The van der Waals surface area contributed by atoms with Crippen molar-refractivity contribution in [3.8, 4) is 0 Å². The van der Waals surface area contributed by atoms with Crippen molar-refractivity contribution in [1.82, 2.24) is 0 Å². The maximum atomic E-state index is 8.77. The van der Waals surface area contributed by atoms with Crippen molar-refractivity contribution in [2.45, 2.75) is 38.5 Å². The summed E-state index contributed by atoms with van der Waals surface area (Å²) in [5.74, 6) is 0. The molecule has 0 aliphatic heterocycles. The quantitative estimate of drug-likeness (QED) is 0.379. The van der Waals surface area contributed by atoms with E-state index < -0.39 is 0 Å². The Morgan fingerprint density at radius 1 is 0.889 bits per heavy atom. The Labute approximate surface area is 59.4 Å². The second-order valence-corrected chi connectivity index (χ2v) is 2.53. The Morgan fingerprint density at radius 3 is 1.11 bits per heavy atom. The standard InChI is InChI=1S/C6H12.CH3OP/c1-2-4-6-5-3-1;2-1-3/h1-6H2;1H,3H2. The molecule has 0 heterocycles. The highest BCUT2D eigenvalue weighted by Crippen LogP contribution is 2.15. The van der Waals surface area contributed by atoms with Gasteiger partial charge in [0.25, 0.3) is 0 Å². The Morgan fingerprint density at radius 2 is 1.00 bits per heavy atom. The second kappa shape index (κ2) is 8.10. The average Bonchev–Trinajstić information content (AvgIpc) is 1.93. The molecule has 0 bridgehead atoms. The van der Waals surface area contributed by atoms with Crippen molar-refractivity contribution in [3.63, 3.8) is 0 Å². The SMILES string of the molecule is C1CCCCC1.O=CP. The largest absolute Gasteiger partial charge is 0.299 e. The molecule has 0 aromatic heterocycles. The van der Waals surface area contributed by atoms with Gasteiger partial charge in [-0.3, -0.25) is 4.79 Å². The first-order valence-electron chi connectivity index (χ1n) is 3.57. The lowest BCUT2D eigenvalue weighted by Crippen LogP contribution is -1.85. The van der Waals surface area contributed by atoms with Crippen LogP contribution in [0.4, 0.5) is 0 Å². The van der Waals surface area contributed by atoms with Gasteiger partial charge in [0.05, 0.1) is 0 Å². The minimum Gasteiger partial charge on any atom is -0.299 e. The van der Waals surface area contributed by atoms with E-state index in [1.807, 2.05) is 9.24 Å². The highest BCUT2D eigenvalue weighted by Gasteiger charge is 1.95. The molecule has 1 nitrogen and oxygen atoms in total. The van der Waals surface area contributed by atoms with Crippen molar-refractivity contribution in [1.29, 1.82) is 0 Å². The van der Waals surface area contributed by atoms with Crippen molar-refractivity contribution in [2.24, 2.45) is 0 Å². The molecule has 0 aromatic carbocycles. The second-order valence-electron chi connectivity index (χ2n) is 2.26. The van der Waals surface area contributed by atoms with E-state index in [0.717, 1.165) is 0 Å². The first-order valence-corrected chi connectivity index (χ1v) is 4.24. The van der Waals surface area contributed by atoms with Crippen LogP contribution in [0, 0.1) is 0 Å². The third-order valence-electron chi connectivity index (χ3n) is 1.50. The molecule has 0 radical (unpaired) electrons. The van der Waals surface area contributed by atoms with Crippen LogP contribution in [0.25, 0.3) is 0 Å². The van der Waals surface area contributed by atoms with E-state index in [1.54, 1.807) is 0 Å². The zero-order chi connectivity index (χ0) is 6.95. The Hall–Kier alpha value is 0.100. The fraction of sp³-hybridized carbons (Fsp3) is 0.857. The predicted molar refractivity (Wildman–Crippen MR) is 44.2 cm³/mol. The van der Waals surface area contributed by atoms with Gasteiger partial charge in [-0.05, 0) is 0 Å². The van der Waals surface area contributed by atoms with E-state index in [9.17, 15) is 0 Å².